The second kappa shape index (κ2) is 12.9. The molecular weight excluding hydrogens is 483 g/mol. The Hall–Kier alpha value is -1.92. The van der Waals surface area contributed by atoms with E-state index in [-0.39, 0.29) is 31.5 Å². The monoisotopic (exact) mass is 506 g/mol. The van der Waals surface area contributed by atoms with Crippen molar-refractivity contribution < 1.29 is 39.5 Å². The molecule has 1 aliphatic rings. The maximum Gasteiger partial charge on any atom is 0.342 e. The Bertz CT molecular complexity index is 663. The molecule has 0 bridgehead atoms. The molecule has 1 heterocycles. The molecular formula is C14H24Cl2N6O10. The van der Waals surface area contributed by atoms with Crippen molar-refractivity contribution in [1.82, 2.24) is 20.7 Å². The Labute approximate surface area is 191 Å². The summed E-state index contributed by atoms with van der Waals surface area (Å²) >= 11 is 10.9. The molecule has 1 aliphatic heterocycles. The topological polar surface area (TPSA) is 223 Å². The number of nitroso groups, excluding NO2 is 2. The molecule has 1 unspecified atom stereocenters. The number of alkyl halides is 2. The molecule has 1 rings (SSSR count). The summed E-state index contributed by atoms with van der Waals surface area (Å²) in [6.07, 6.45) is -10.1. The van der Waals surface area contributed by atoms with E-state index in [0.29, 0.717) is 10.0 Å². The fourth-order valence-corrected chi connectivity index (χ4v) is 2.98. The Balaban J connectivity index is 3.06. The van der Waals surface area contributed by atoms with Gasteiger partial charge in [0.05, 0.1) is 23.7 Å². The average Bonchev–Trinajstić information content (AvgIpc) is 2.76. The van der Waals surface area contributed by atoms with Crippen molar-refractivity contribution >= 4 is 35.3 Å². The fourth-order valence-electron chi connectivity index (χ4n) is 2.66. The summed E-state index contributed by atoms with van der Waals surface area (Å²) in [6, 6.07) is -2.50. The van der Waals surface area contributed by atoms with Crippen molar-refractivity contribution in [3.05, 3.63) is 9.81 Å². The lowest BCUT2D eigenvalue weighted by Gasteiger charge is -2.48. The average molecular weight is 507 g/mol. The third-order valence-corrected chi connectivity index (χ3v) is 4.56. The van der Waals surface area contributed by atoms with Gasteiger partial charge in [-0.1, -0.05) is 0 Å². The van der Waals surface area contributed by atoms with E-state index in [2.05, 4.69) is 10.6 Å². The third kappa shape index (κ3) is 6.55. The molecule has 6 atom stereocenters. The molecule has 18 heteroatoms. The van der Waals surface area contributed by atoms with Gasteiger partial charge in [-0.15, -0.1) is 33.0 Å². The number of aliphatic hydroxyl groups excluding tert-OH is 3. The first-order valence-corrected chi connectivity index (χ1v) is 10.2. The van der Waals surface area contributed by atoms with Gasteiger partial charge in [-0.05, 0) is 6.92 Å². The number of carbonyl (C=O) groups is 2. The summed E-state index contributed by atoms with van der Waals surface area (Å²) < 4.78 is 10.4. The van der Waals surface area contributed by atoms with Crippen LogP contribution in [-0.4, -0.2) is 111 Å². The van der Waals surface area contributed by atoms with Crippen LogP contribution in [0, 0.1) is 9.81 Å². The highest BCUT2D eigenvalue weighted by atomic mass is 35.5. The zero-order valence-corrected chi connectivity index (χ0v) is 18.2. The van der Waals surface area contributed by atoms with Crippen molar-refractivity contribution in [2.75, 3.05) is 31.5 Å². The van der Waals surface area contributed by atoms with E-state index in [1.807, 2.05) is 10.6 Å². The van der Waals surface area contributed by atoms with Gasteiger partial charge in [-0.3, -0.25) is 0 Å². The Morgan fingerprint density at radius 3 is 2.16 bits per heavy atom. The summed E-state index contributed by atoms with van der Waals surface area (Å²) in [5.41, 5.74) is -2.82. The number of hydrogen-bond acceptors (Lipinski definition) is 12. The van der Waals surface area contributed by atoms with Crippen LogP contribution in [-0.2, 0) is 9.47 Å². The summed E-state index contributed by atoms with van der Waals surface area (Å²) in [7, 11) is 0. The molecule has 0 spiro atoms. The van der Waals surface area contributed by atoms with E-state index in [4.69, 9.17) is 32.7 Å². The first-order valence-electron chi connectivity index (χ1n) is 9.10. The lowest BCUT2D eigenvalue weighted by molar-refractivity contribution is -0.353. The molecule has 0 radical (unpaired) electrons. The molecule has 0 aliphatic carbocycles. The molecule has 32 heavy (non-hydrogen) atoms. The number of rotatable bonds is 11. The van der Waals surface area contributed by atoms with Crippen molar-refractivity contribution in [3.8, 4) is 0 Å². The van der Waals surface area contributed by atoms with Crippen LogP contribution < -0.4 is 10.6 Å². The second-order valence-electron chi connectivity index (χ2n) is 6.26. The van der Waals surface area contributed by atoms with Crippen LogP contribution >= 0.6 is 23.2 Å². The minimum atomic E-state index is -2.82. The smallest absolute Gasteiger partial charge is 0.342 e. The van der Waals surface area contributed by atoms with Crippen LogP contribution in [0.15, 0.2) is 10.6 Å². The van der Waals surface area contributed by atoms with Crippen molar-refractivity contribution in [1.29, 1.82) is 0 Å². The summed E-state index contributed by atoms with van der Waals surface area (Å²) in [4.78, 5) is 45.6. The van der Waals surface area contributed by atoms with Crippen LogP contribution in [0.5, 0.6) is 0 Å². The molecule has 0 aromatic carbocycles. The van der Waals surface area contributed by atoms with Gasteiger partial charge in [-0.25, -0.2) is 9.59 Å². The predicted molar refractivity (Wildman–Crippen MR) is 107 cm³/mol. The van der Waals surface area contributed by atoms with E-state index in [1.54, 1.807) is 0 Å². The Kier molecular flexibility index (Phi) is 11.4. The molecule has 1 fully saturated rings. The lowest BCUT2D eigenvalue weighted by Crippen LogP contribution is -2.76. The van der Waals surface area contributed by atoms with Gasteiger partial charge in [0, 0.05) is 18.4 Å². The van der Waals surface area contributed by atoms with E-state index in [0.717, 1.165) is 0 Å². The summed E-state index contributed by atoms with van der Waals surface area (Å²) in [5, 5.41) is 51.1. The van der Waals surface area contributed by atoms with Crippen LogP contribution in [0.4, 0.5) is 9.59 Å². The number of nitrogens with zero attached hydrogens (tertiary/aromatic N) is 4. The van der Waals surface area contributed by atoms with Gasteiger partial charge >= 0.3 is 12.1 Å². The SMILES string of the molecule is CCO[C@@H]1O[C@H](C(O)NC(=O)N(CCCl)N=O)[C@@H](O)[C@H](O)[C@]1(O)NC(=O)N(CCCl)N=O. The third-order valence-electron chi connectivity index (χ3n) is 4.22. The Morgan fingerprint density at radius 2 is 1.69 bits per heavy atom. The van der Waals surface area contributed by atoms with Gasteiger partial charge in [0.2, 0.25) is 12.0 Å². The van der Waals surface area contributed by atoms with E-state index < -0.39 is 48.6 Å². The van der Waals surface area contributed by atoms with Crippen LogP contribution in [0.25, 0.3) is 0 Å². The molecule has 0 aromatic heterocycles. The van der Waals surface area contributed by atoms with Gasteiger partial charge in [0.1, 0.15) is 18.3 Å². The van der Waals surface area contributed by atoms with Gasteiger partial charge in [0.15, 0.2) is 6.23 Å². The number of ether oxygens (including phenoxy) is 2. The molecule has 0 aromatic rings. The largest absolute Gasteiger partial charge is 0.387 e. The van der Waals surface area contributed by atoms with Crippen molar-refractivity contribution in [2.45, 2.75) is 43.5 Å². The minimum Gasteiger partial charge on any atom is -0.387 e. The number of amides is 4. The fraction of sp³-hybridized carbons (Fsp3) is 0.857. The Morgan fingerprint density at radius 1 is 1.16 bits per heavy atom. The molecule has 184 valence electrons. The number of nitrogens with one attached hydrogen (secondary N) is 2. The highest BCUT2D eigenvalue weighted by molar-refractivity contribution is 6.18. The van der Waals surface area contributed by atoms with Crippen LogP contribution in [0.1, 0.15) is 6.92 Å². The predicted octanol–water partition coefficient (Wildman–Crippen LogP) is -1.66. The molecule has 1 saturated heterocycles. The van der Waals surface area contributed by atoms with Crippen molar-refractivity contribution in [2.24, 2.45) is 10.6 Å². The zero-order chi connectivity index (χ0) is 24.5. The maximum atomic E-state index is 12.2. The normalized spacial score (nSPS) is 28.3. The van der Waals surface area contributed by atoms with E-state index in [1.165, 1.54) is 6.92 Å². The lowest BCUT2D eigenvalue weighted by atomic mass is 9.92. The summed E-state index contributed by atoms with van der Waals surface area (Å²) in [6.45, 7) is 0.680. The van der Waals surface area contributed by atoms with E-state index in [9.17, 15) is 39.8 Å². The first-order chi connectivity index (χ1) is 15.1. The highest BCUT2D eigenvalue weighted by Crippen LogP contribution is 2.30. The maximum absolute atomic E-state index is 12.2. The number of urea groups is 2. The van der Waals surface area contributed by atoms with Gasteiger partial charge < -0.3 is 40.5 Å². The standard InChI is InChI=1S/C14H24Cl2N6O10/c1-2-31-11-14(28,18-13(27)22(20-30)6-4-16)9(24)7(23)8(32-11)10(25)17-12(26)21(19-29)5-3-15/h7-11,23-25,28H,2-6H2,1H3,(H,17,26)(H,18,27)/t7-,8+,9+,10?,11-,14-/m1/s1. The van der Waals surface area contributed by atoms with E-state index >= 15 is 0 Å². The number of hydrogen-bond donors (Lipinski definition) is 6. The summed E-state index contributed by atoms with van der Waals surface area (Å²) in [5.74, 6) is -0.329. The molecule has 4 amide bonds. The minimum absolute atomic E-state index is 0.142. The highest BCUT2D eigenvalue weighted by Gasteiger charge is 2.58. The molecule has 16 nitrogen and oxygen atoms in total. The van der Waals surface area contributed by atoms with Crippen molar-refractivity contribution in [3.63, 3.8) is 0 Å². The quantitative estimate of drug-likeness (QED) is 0.0808. The van der Waals surface area contributed by atoms with Gasteiger partial charge in [-0.2, -0.15) is 10.0 Å². The van der Waals surface area contributed by atoms with Gasteiger partial charge in [0.25, 0.3) is 0 Å². The second-order valence-corrected chi connectivity index (χ2v) is 7.02. The first kappa shape index (κ1) is 28.1. The number of carbonyl (C=O) groups excluding carboxylic acids is 2. The zero-order valence-electron chi connectivity index (χ0n) is 16.7. The molecule has 6 N–H and O–H groups in total. The molecule has 0 saturated carbocycles. The van der Waals surface area contributed by atoms with Crippen LogP contribution in [0.3, 0.4) is 0 Å². The van der Waals surface area contributed by atoms with Crippen LogP contribution in [0.2, 0.25) is 0 Å². The number of halogens is 2. The number of aliphatic hydroxyl groups is 4.